The van der Waals surface area contributed by atoms with Gasteiger partial charge in [0.05, 0.1) is 11.8 Å². The monoisotopic (exact) mass is 244 g/mol. The molecule has 0 saturated carbocycles. The molecule has 2 heterocycles. The van der Waals surface area contributed by atoms with Crippen molar-refractivity contribution in [2.24, 2.45) is 0 Å². The number of thiazole rings is 1. The van der Waals surface area contributed by atoms with Crippen molar-refractivity contribution >= 4 is 22.4 Å². The number of hydrogen-bond donors (Lipinski definition) is 1. The summed E-state index contributed by atoms with van der Waals surface area (Å²) in [6.45, 7) is 0. The van der Waals surface area contributed by atoms with Gasteiger partial charge in [0, 0.05) is 23.3 Å². The van der Waals surface area contributed by atoms with E-state index in [-0.39, 0.29) is 12.3 Å². The minimum absolute atomic E-state index is 0.163. The van der Waals surface area contributed by atoms with Crippen LogP contribution in [0.4, 0.5) is 5.13 Å². The average molecular weight is 244 g/mol. The van der Waals surface area contributed by atoms with Crippen LogP contribution in [0.2, 0.25) is 0 Å². The van der Waals surface area contributed by atoms with Crippen LogP contribution in [-0.4, -0.2) is 15.9 Å². The first kappa shape index (κ1) is 11.2. The fraction of sp³-hybridized carbons (Fsp3) is 0.0909. The predicted molar refractivity (Wildman–Crippen MR) is 64.2 cm³/mol. The minimum atomic E-state index is -0.344. The van der Waals surface area contributed by atoms with Gasteiger partial charge in [-0.25, -0.2) is 4.98 Å². The molecule has 0 bridgehead atoms. The van der Waals surface area contributed by atoms with Gasteiger partial charge in [-0.05, 0) is 12.1 Å². The standard InChI is InChI=1S/C11H8N4OS/c12-4-1-10(16)15-11-14-9(7-17-11)8-2-5-13-6-3-8/h2-3,5-7H,1H2,(H,14,15,16). The molecule has 0 aliphatic carbocycles. The Bertz CT molecular complexity index is 558. The first-order valence-corrected chi connectivity index (χ1v) is 5.70. The minimum Gasteiger partial charge on any atom is -0.301 e. The maximum absolute atomic E-state index is 11.2. The zero-order chi connectivity index (χ0) is 12.1. The maximum atomic E-state index is 11.2. The summed E-state index contributed by atoms with van der Waals surface area (Å²) < 4.78 is 0. The lowest BCUT2D eigenvalue weighted by Gasteiger charge is -1.96. The van der Waals surface area contributed by atoms with Crippen LogP contribution in [0.1, 0.15) is 6.42 Å². The van der Waals surface area contributed by atoms with E-state index in [1.165, 1.54) is 11.3 Å². The number of nitriles is 1. The molecular weight excluding hydrogens is 236 g/mol. The molecule has 0 spiro atoms. The molecule has 6 heteroatoms. The quantitative estimate of drug-likeness (QED) is 0.896. The molecule has 84 valence electrons. The summed E-state index contributed by atoms with van der Waals surface area (Å²) in [7, 11) is 0. The van der Waals surface area contributed by atoms with Crippen molar-refractivity contribution in [2.45, 2.75) is 6.42 Å². The van der Waals surface area contributed by atoms with Crippen LogP contribution in [0, 0.1) is 11.3 Å². The molecule has 2 rings (SSSR count). The Kier molecular flexibility index (Phi) is 3.43. The zero-order valence-electron chi connectivity index (χ0n) is 8.75. The smallest absolute Gasteiger partial charge is 0.240 e. The van der Waals surface area contributed by atoms with E-state index in [2.05, 4.69) is 15.3 Å². The number of carbonyl (C=O) groups is 1. The molecule has 1 N–H and O–H groups in total. The molecular formula is C11H8N4OS. The fourth-order valence-corrected chi connectivity index (χ4v) is 1.96. The van der Waals surface area contributed by atoms with Gasteiger partial charge < -0.3 is 5.32 Å². The highest BCUT2D eigenvalue weighted by Crippen LogP contribution is 2.24. The molecule has 0 radical (unpaired) electrons. The molecule has 0 saturated heterocycles. The van der Waals surface area contributed by atoms with E-state index in [1.54, 1.807) is 18.5 Å². The Balaban J connectivity index is 2.12. The Morgan fingerprint density at radius 2 is 2.24 bits per heavy atom. The SMILES string of the molecule is N#CCC(=O)Nc1nc(-c2ccncc2)cs1. The Morgan fingerprint density at radius 1 is 1.47 bits per heavy atom. The van der Waals surface area contributed by atoms with Crippen LogP contribution >= 0.6 is 11.3 Å². The summed E-state index contributed by atoms with van der Waals surface area (Å²) in [6, 6.07) is 5.47. The third-order valence-corrected chi connectivity index (χ3v) is 2.72. The maximum Gasteiger partial charge on any atom is 0.240 e. The number of anilines is 1. The van der Waals surface area contributed by atoms with Crippen molar-refractivity contribution < 1.29 is 4.79 Å². The van der Waals surface area contributed by atoms with Crippen molar-refractivity contribution in [3.63, 3.8) is 0 Å². The van der Waals surface area contributed by atoms with Gasteiger partial charge in [0.1, 0.15) is 6.42 Å². The number of amides is 1. The van der Waals surface area contributed by atoms with E-state index in [9.17, 15) is 4.79 Å². The summed E-state index contributed by atoms with van der Waals surface area (Å²) in [5.74, 6) is -0.344. The molecule has 5 nitrogen and oxygen atoms in total. The van der Waals surface area contributed by atoms with Gasteiger partial charge in [-0.3, -0.25) is 9.78 Å². The van der Waals surface area contributed by atoms with Crippen LogP contribution in [0.3, 0.4) is 0 Å². The molecule has 0 fully saturated rings. The lowest BCUT2D eigenvalue weighted by Crippen LogP contribution is -2.09. The van der Waals surface area contributed by atoms with Crippen LogP contribution in [0.15, 0.2) is 29.9 Å². The Morgan fingerprint density at radius 3 is 2.94 bits per heavy atom. The number of carbonyl (C=O) groups excluding carboxylic acids is 1. The second-order valence-corrected chi connectivity index (χ2v) is 4.01. The van der Waals surface area contributed by atoms with Gasteiger partial charge in [0.25, 0.3) is 0 Å². The molecule has 0 unspecified atom stereocenters. The molecule has 17 heavy (non-hydrogen) atoms. The summed E-state index contributed by atoms with van der Waals surface area (Å²) in [5, 5.41) is 13.3. The van der Waals surface area contributed by atoms with E-state index in [1.807, 2.05) is 17.5 Å². The molecule has 0 aliphatic heterocycles. The molecule has 0 aromatic carbocycles. The van der Waals surface area contributed by atoms with E-state index >= 15 is 0 Å². The van der Waals surface area contributed by atoms with E-state index in [4.69, 9.17) is 5.26 Å². The molecule has 0 atom stereocenters. The number of nitrogens with one attached hydrogen (secondary N) is 1. The molecule has 1 amide bonds. The number of hydrogen-bond acceptors (Lipinski definition) is 5. The summed E-state index contributed by atoms with van der Waals surface area (Å²) in [5.41, 5.74) is 1.72. The van der Waals surface area contributed by atoms with Crippen molar-refractivity contribution in [1.82, 2.24) is 9.97 Å². The third-order valence-electron chi connectivity index (χ3n) is 1.97. The predicted octanol–water partition coefficient (Wildman–Crippen LogP) is 2.06. The Labute approximate surface area is 102 Å². The second kappa shape index (κ2) is 5.18. The highest BCUT2D eigenvalue weighted by atomic mass is 32.1. The van der Waals surface area contributed by atoms with Crippen LogP contribution in [0.25, 0.3) is 11.3 Å². The first-order chi connectivity index (χ1) is 8.29. The third kappa shape index (κ3) is 2.86. The zero-order valence-corrected chi connectivity index (χ0v) is 9.57. The summed E-state index contributed by atoms with van der Waals surface area (Å²) in [4.78, 5) is 19.4. The van der Waals surface area contributed by atoms with Gasteiger partial charge in [-0.2, -0.15) is 5.26 Å². The van der Waals surface area contributed by atoms with Crippen LogP contribution in [-0.2, 0) is 4.79 Å². The highest BCUT2D eigenvalue weighted by Gasteiger charge is 2.07. The van der Waals surface area contributed by atoms with Crippen molar-refractivity contribution in [3.8, 4) is 17.3 Å². The van der Waals surface area contributed by atoms with Crippen molar-refractivity contribution in [2.75, 3.05) is 5.32 Å². The van der Waals surface area contributed by atoms with E-state index in [0.717, 1.165) is 11.3 Å². The number of rotatable bonds is 3. The fourth-order valence-electron chi connectivity index (χ4n) is 1.22. The van der Waals surface area contributed by atoms with Gasteiger partial charge >= 0.3 is 0 Å². The number of pyridine rings is 1. The van der Waals surface area contributed by atoms with Crippen molar-refractivity contribution in [1.29, 1.82) is 5.26 Å². The van der Waals surface area contributed by atoms with E-state index in [0.29, 0.717) is 5.13 Å². The van der Waals surface area contributed by atoms with Gasteiger partial charge in [0.15, 0.2) is 5.13 Å². The Hall–Kier alpha value is -2.26. The van der Waals surface area contributed by atoms with Gasteiger partial charge in [-0.15, -0.1) is 11.3 Å². The average Bonchev–Trinajstić information content (AvgIpc) is 2.79. The highest BCUT2D eigenvalue weighted by molar-refractivity contribution is 7.14. The van der Waals surface area contributed by atoms with Gasteiger partial charge in [0.2, 0.25) is 5.91 Å². The van der Waals surface area contributed by atoms with Gasteiger partial charge in [-0.1, -0.05) is 0 Å². The molecule has 0 aliphatic rings. The van der Waals surface area contributed by atoms with Crippen LogP contribution in [0.5, 0.6) is 0 Å². The lowest BCUT2D eigenvalue weighted by atomic mass is 10.2. The van der Waals surface area contributed by atoms with Crippen LogP contribution < -0.4 is 5.32 Å². The molecule has 2 aromatic heterocycles. The normalized spacial score (nSPS) is 9.59. The largest absolute Gasteiger partial charge is 0.301 e. The van der Waals surface area contributed by atoms with Crippen molar-refractivity contribution in [3.05, 3.63) is 29.9 Å². The lowest BCUT2D eigenvalue weighted by molar-refractivity contribution is -0.115. The molecule has 2 aromatic rings. The summed E-state index contributed by atoms with van der Waals surface area (Å²) >= 11 is 1.33. The summed E-state index contributed by atoms with van der Waals surface area (Å²) in [6.07, 6.45) is 3.20. The second-order valence-electron chi connectivity index (χ2n) is 3.16. The number of nitrogens with zero attached hydrogens (tertiary/aromatic N) is 3. The first-order valence-electron chi connectivity index (χ1n) is 4.82. The topological polar surface area (TPSA) is 78.7 Å². The van der Waals surface area contributed by atoms with E-state index < -0.39 is 0 Å². The number of aromatic nitrogens is 2.